The lowest BCUT2D eigenvalue weighted by atomic mass is 10.1. The van der Waals surface area contributed by atoms with E-state index < -0.39 is 0 Å². The zero-order valence-electron chi connectivity index (χ0n) is 7.20. The number of hydrogen-bond donors (Lipinski definition) is 0. The molecule has 1 atom stereocenters. The summed E-state index contributed by atoms with van der Waals surface area (Å²) in [6.45, 7) is 1.99. The number of alkyl halides is 1. The largest absolute Gasteiger partial charge is 0.118 e. The van der Waals surface area contributed by atoms with E-state index in [1.807, 2.05) is 37.3 Å². The van der Waals surface area contributed by atoms with Crippen molar-refractivity contribution in [2.75, 3.05) is 0 Å². The maximum absolute atomic E-state index is 6.03. The summed E-state index contributed by atoms with van der Waals surface area (Å²) in [7, 11) is 0. The molecule has 0 radical (unpaired) electrons. The highest BCUT2D eigenvalue weighted by atomic mass is 35.5. The van der Waals surface area contributed by atoms with E-state index >= 15 is 0 Å². The molecule has 1 rings (SSSR count). The molecular weight excluding hydrogens is 168 g/mol. The van der Waals surface area contributed by atoms with Crippen LogP contribution in [0.15, 0.2) is 42.5 Å². The predicted molar refractivity (Wildman–Crippen MR) is 54.6 cm³/mol. The Morgan fingerprint density at radius 2 is 2.00 bits per heavy atom. The average molecular weight is 181 g/mol. The van der Waals surface area contributed by atoms with E-state index in [2.05, 4.69) is 12.1 Å². The van der Waals surface area contributed by atoms with Crippen LogP contribution in [0.3, 0.4) is 0 Å². The molecule has 0 nitrogen and oxygen atoms in total. The third-order valence-corrected chi connectivity index (χ3v) is 1.97. The fraction of sp³-hybridized carbons (Fsp3) is 0.273. The van der Waals surface area contributed by atoms with E-state index in [1.165, 1.54) is 5.56 Å². The number of halogens is 1. The van der Waals surface area contributed by atoms with Crippen LogP contribution in [0.5, 0.6) is 0 Å². The molecular formula is C11H13Cl. The van der Waals surface area contributed by atoms with Crippen molar-refractivity contribution in [2.45, 2.75) is 18.7 Å². The van der Waals surface area contributed by atoms with Crippen molar-refractivity contribution in [2.24, 2.45) is 0 Å². The van der Waals surface area contributed by atoms with E-state index in [0.717, 1.165) is 6.42 Å². The SMILES string of the molecule is C/C=C/C(Cl)Cc1ccccc1. The van der Waals surface area contributed by atoms with E-state index in [0.29, 0.717) is 0 Å². The molecule has 0 fully saturated rings. The van der Waals surface area contributed by atoms with Gasteiger partial charge in [0.1, 0.15) is 0 Å². The van der Waals surface area contributed by atoms with Crippen molar-refractivity contribution in [1.82, 2.24) is 0 Å². The smallest absolute Gasteiger partial charge is 0.0556 e. The van der Waals surface area contributed by atoms with Gasteiger partial charge >= 0.3 is 0 Å². The zero-order chi connectivity index (χ0) is 8.81. The van der Waals surface area contributed by atoms with Crippen LogP contribution in [0.4, 0.5) is 0 Å². The van der Waals surface area contributed by atoms with Crippen LogP contribution in [0, 0.1) is 0 Å². The third kappa shape index (κ3) is 3.10. The summed E-state index contributed by atoms with van der Waals surface area (Å²) in [5.41, 5.74) is 1.29. The summed E-state index contributed by atoms with van der Waals surface area (Å²) in [4.78, 5) is 0. The average Bonchev–Trinajstić information content (AvgIpc) is 2.06. The molecule has 0 aliphatic carbocycles. The Bertz CT molecular complexity index is 238. The molecule has 0 amide bonds. The standard InChI is InChI=1S/C11H13Cl/c1-2-6-11(12)9-10-7-4-3-5-8-10/h2-8,11H,9H2,1H3/b6-2+. The van der Waals surface area contributed by atoms with Gasteiger partial charge in [-0.1, -0.05) is 42.5 Å². The van der Waals surface area contributed by atoms with Crippen LogP contribution in [-0.2, 0) is 6.42 Å². The van der Waals surface area contributed by atoms with Gasteiger partial charge in [0.2, 0.25) is 0 Å². The summed E-state index contributed by atoms with van der Waals surface area (Å²) in [6.07, 6.45) is 4.90. The molecule has 64 valence electrons. The monoisotopic (exact) mass is 180 g/mol. The van der Waals surface area contributed by atoms with Crippen molar-refractivity contribution >= 4 is 11.6 Å². The quantitative estimate of drug-likeness (QED) is 0.494. The molecule has 0 aliphatic rings. The van der Waals surface area contributed by atoms with Crippen molar-refractivity contribution < 1.29 is 0 Å². The van der Waals surface area contributed by atoms with Gasteiger partial charge in [-0.15, -0.1) is 11.6 Å². The van der Waals surface area contributed by atoms with Gasteiger partial charge in [-0.25, -0.2) is 0 Å². The maximum Gasteiger partial charge on any atom is 0.0556 e. The Kier molecular flexibility index (Phi) is 3.89. The minimum absolute atomic E-state index is 0.123. The molecule has 1 aromatic carbocycles. The molecule has 1 unspecified atom stereocenters. The Morgan fingerprint density at radius 3 is 2.58 bits per heavy atom. The van der Waals surface area contributed by atoms with Gasteiger partial charge in [0.05, 0.1) is 5.38 Å². The molecule has 0 aliphatic heterocycles. The first-order valence-electron chi connectivity index (χ1n) is 4.13. The predicted octanol–water partition coefficient (Wildman–Crippen LogP) is 3.41. The van der Waals surface area contributed by atoms with Gasteiger partial charge in [-0.2, -0.15) is 0 Å². The topological polar surface area (TPSA) is 0 Å². The Labute approximate surface area is 78.9 Å². The molecule has 0 spiro atoms. The zero-order valence-corrected chi connectivity index (χ0v) is 7.96. The number of rotatable bonds is 3. The van der Waals surface area contributed by atoms with Crippen LogP contribution in [0.25, 0.3) is 0 Å². The molecule has 0 N–H and O–H groups in total. The number of benzene rings is 1. The molecule has 1 heteroatoms. The highest BCUT2D eigenvalue weighted by Gasteiger charge is 1.99. The molecule has 0 heterocycles. The summed E-state index contributed by atoms with van der Waals surface area (Å²) < 4.78 is 0. The highest BCUT2D eigenvalue weighted by Crippen LogP contribution is 2.08. The summed E-state index contributed by atoms with van der Waals surface area (Å²) in [5, 5.41) is 0.123. The van der Waals surface area contributed by atoms with Crippen molar-refractivity contribution in [3.05, 3.63) is 48.0 Å². The van der Waals surface area contributed by atoms with Gasteiger partial charge in [-0.05, 0) is 18.9 Å². The van der Waals surface area contributed by atoms with Crippen LogP contribution in [0.2, 0.25) is 0 Å². The van der Waals surface area contributed by atoms with Gasteiger partial charge in [-0.3, -0.25) is 0 Å². The molecule has 12 heavy (non-hydrogen) atoms. The summed E-state index contributed by atoms with van der Waals surface area (Å²) >= 11 is 6.03. The van der Waals surface area contributed by atoms with Gasteiger partial charge in [0.15, 0.2) is 0 Å². The van der Waals surface area contributed by atoms with E-state index in [9.17, 15) is 0 Å². The van der Waals surface area contributed by atoms with E-state index in [4.69, 9.17) is 11.6 Å². The van der Waals surface area contributed by atoms with Crippen LogP contribution >= 0.6 is 11.6 Å². The second-order valence-electron chi connectivity index (χ2n) is 2.73. The third-order valence-electron chi connectivity index (χ3n) is 1.67. The maximum atomic E-state index is 6.03. The summed E-state index contributed by atoms with van der Waals surface area (Å²) in [6, 6.07) is 10.3. The molecule has 0 saturated heterocycles. The molecule has 1 aromatic rings. The van der Waals surface area contributed by atoms with Crippen molar-refractivity contribution in [3.8, 4) is 0 Å². The normalized spacial score (nSPS) is 13.5. The minimum atomic E-state index is 0.123. The van der Waals surface area contributed by atoms with Gasteiger partial charge < -0.3 is 0 Å². The second kappa shape index (κ2) is 5.00. The summed E-state index contributed by atoms with van der Waals surface area (Å²) in [5.74, 6) is 0. The fourth-order valence-corrected chi connectivity index (χ4v) is 1.44. The highest BCUT2D eigenvalue weighted by molar-refractivity contribution is 6.21. The lowest BCUT2D eigenvalue weighted by Gasteiger charge is -2.02. The van der Waals surface area contributed by atoms with Gasteiger partial charge in [0.25, 0.3) is 0 Å². The second-order valence-corrected chi connectivity index (χ2v) is 3.29. The van der Waals surface area contributed by atoms with Crippen LogP contribution in [0.1, 0.15) is 12.5 Å². The molecule has 0 bridgehead atoms. The van der Waals surface area contributed by atoms with Crippen LogP contribution in [-0.4, -0.2) is 5.38 Å². The fourth-order valence-electron chi connectivity index (χ4n) is 1.12. The first-order chi connectivity index (χ1) is 5.83. The van der Waals surface area contributed by atoms with Crippen molar-refractivity contribution in [3.63, 3.8) is 0 Å². The van der Waals surface area contributed by atoms with Gasteiger partial charge in [0, 0.05) is 0 Å². The Hall–Kier alpha value is -0.750. The number of allylic oxidation sites excluding steroid dienone is 2. The lowest BCUT2D eigenvalue weighted by molar-refractivity contribution is 1.01. The number of hydrogen-bond acceptors (Lipinski definition) is 0. The van der Waals surface area contributed by atoms with E-state index in [1.54, 1.807) is 0 Å². The first-order valence-corrected chi connectivity index (χ1v) is 4.57. The van der Waals surface area contributed by atoms with Crippen LogP contribution < -0.4 is 0 Å². The Balaban J connectivity index is 2.52. The Morgan fingerprint density at radius 1 is 1.33 bits per heavy atom. The lowest BCUT2D eigenvalue weighted by Crippen LogP contribution is -1.98. The van der Waals surface area contributed by atoms with E-state index in [-0.39, 0.29) is 5.38 Å². The molecule has 0 saturated carbocycles. The first kappa shape index (κ1) is 9.34. The van der Waals surface area contributed by atoms with Crippen molar-refractivity contribution in [1.29, 1.82) is 0 Å². The molecule has 0 aromatic heterocycles. The minimum Gasteiger partial charge on any atom is -0.118 e.